The standard InChI is InChI=1S/C23H30FN3O3/c24-19-3-1-2-18(9-19)20-13-27(4-5-30-20)14-21(28)25-22(29)26-23-10-15-6-16(11-23)8-17(7-15)12-23/h1-3,9,15-17,20H,4-8,10-14H2,(H2,25,26,28,29). The Morgan fingerprint density at radius 3 is 2.50 bits per heavy atom. The second-order valence-electron chi connectivity index (χ2n) is 9.85. The maximum atomic E-state index is 13.5. The van der Waals surface area contributed by atoms with E-state index in [9.17, 15) is 14.0 Å². The van der Waals surface area contributed by atoms with Gasteiger partial charge in [-0.15, -0.1) is 0 Å². The van der Waals surface area contributed by atoms with Crippen molar-refractivity contribution in [1.82, 2.24) is 15.5 Å². The van der Waals surface area contributed by atoms with Crippen LogP contribution in [0.15, 0.2) is 24.3 Å². The zero-order chi connectivity index (χ0) is 20.7. The first-order chi connectivity index (χ1) is 14.5. The molecule has 1 atom stereocenters. The van der Waals surface area contributed by atoms with Crippen LogP contribution < -0.4 is 10.6 Å². The lowest BCUT2D eigenvalue weighted by molar-refractivity contribution is -0.123. The third-order valence-corrected chi connectivity index (χ3v) is 7.41. The Labute approximate surface area is 176 Å². The van der Waals surface area contributed by atoms with E-state index in [0.29, 0.717) is 19.7 Å². The molecule has 7 heteroatoms. The summed E-state index contributed by atoms with van der Waals surface area (Å²) in [6, 6.07) is 5.99. The van der Waals surface area contributed by atoms with E-state index < -0.39 is 0 Å². The van der Waals surface area contributed by atoms with E-state index >= 15 is 0 Å². The van der Waals surface area contributed by atoms with E-state index in [0.717, 1.165) is 42.6 Å². The molecule has 4 bridgehead atoms. The summed E-state index contributed by atoms with van der Waals surface area (Å²) < 4.78 is 19.3. The van der Waals surface area contributed by atoms with Crippen LogP contribution in [0.3, 0.4) is 0 Å². The summed E-state index contributed by atoms with van der Waals surface area (Å²) in [5.41, 5.74) is 0.653. The minimum Gasteiger partial charge on any atom is -0.371 e. The second-order valence-corrected chi connectivity index (χ2v) is 9.85. The minimum atomic E-state index is -0.364. The summed E-state index contributed by atoms with van der Waals surface area (Å²) >= 11 is 0. The molecule has 0 aromatic heterocycles. The van der Waals surface area contributed by atoms with Gasteiger partial charge in [0.05, 0.1) is 19.3 Å². The molecule has 2 N–H and O–H groups in total. The number of nitrogens with zero attached hydrogens (tertiary/aromatic N) is 1. The quantitative estimate of drug-likeness (QED) is 0.793. The Morgan fingerprint density at radius 1 is 1.13 bits per heavy atom. The Kier molecular flexibility index (Phi) is 5.27. The monoisotopic (exact) mass is 415 g/mol. The number of carbonyl (C=O) groups excluding carboxylic acids is 2. The molecular weight excluding hydrogens is 385 g/mol. The summed E-state index contributed by atoms with van der Waals surface area (Å²) in [6.07, 6.45) is 6.82. The van der Waals surface area contributed by atoms with Crippen molar-refractivity contribution in [2.75, 3.05) is 26.2 Å². The number of urea groups is 1. The minimum absolute atomic E-state index is 0.111. The maximum Gasteiger partial charge on any atom is 0.321 e. The van der Waals surface area contributed by atoms with Crippen LogP contribution in [0.25, 0.3) is 0 Å². The summed E-state index contributed by atoms with van der Waals surface area (Å²) in [6.45, 7) is 1.70. The third-order valence-electron chi connectivity index (χ3n) is 7.41. The van der Waals surface area contributed by atoms with E-state index in [1.54, 1.807) is 6.07 Å². The molecular formula is C23H30FN3O3. The molecule has 1 aromatic carbocycles. The van der Waals surface area contributed by atoms with Gasteiger partial charge in [-0.3, -0.25) is 15.0 Å². The van der Waals surface area contributed by atoms with Crippen LogP contribution in [-0.4, -0.2) is 48.6 Å². The van der Waals surface area contributed by atoms with Crippen LogP contribution in [-0.2, 0) is 9.53 Å². The Hall–Kier alpha value is -1.99. The van der Waals surface area contributed by atoms with E-state index in [2.05, 4.69) is 10.6 Å². The number of hydrogen-bond acceptors (Lipinski definition) is 4. The van der Waals surface area contributed by atoms with Crippen molar-refractivity contribution >= 4 is 11.9 Å². The van der Waals surface area contributed by atoms with Crippen LogP contribution in [0.1, 0.15) is 50.2 Å². The molecule has 162 valence electrons. The molecule has 5 fully saturated rings. The Balaban J connectivity index is 1.13. The highest BCUT2D eigenvalue weighted by molar-refractivity contribution is 5.95. The number of hydrogen-bond donors (Lipinski definition) is 2. The van der Waals surface area contributed by atoms with Crippen molar-refractivity contribution in [3.8, 4) is 0 Å². The van der Waals surface area contributed by atoms with E-state index in [-0.39, 0.29) is 35.9 Å². The fourth-order valence-corrected chi connectivity index (χ4v) is 6.66. The second kappa shape index (κ2) is 7.93. The van der Waals surface area contributed by atoms with Gasteiger partial charge in [0.25, 0.3) is 0 Å². The van der Waals surface area contributed by atoms with Crippen molar-refractivity contribution < 1.29 is 18.7 Å². The molecule has 0 radical (unpaired) electrons. The van der Waals surface area contributed by atoms with E-state index in [1.165, 1.54) is 31.4 Å². The number of halogens is 1. The molecule has 1 heterocycles. The number of carbonyl (C=O) groups is 2. The Bertz CT molecular complexity index is 794. The molecule has 30 heavy (non-hydrogen) atoms. The SMILES string of the molecule is O=C(CN1CCOC(c2cccc(F)c2)C1)NC(=O)NC12CC3CC(CC(C3)C1)C2. The molecule has 1 unspecified atom stereocenters. The van der Waals surface area contributed by atoms with Crippen LogP contribution in [0.4, 0.5) is 9.18 Å². The number of benzene rings is 1. The van der Waals surface area contributed by atoms with Crippen molar-refractivity contribution in [1.29, 1.82) is 0 Å². The lowest BCUT2D eigenvalue weighted by Gasteiger charge is -2.56. The van der Waals surface area contributed by atoms with Gasteiger partial charge in [0.15, 0.2) is 0 Å². The van der Waals surface area contributed by atoms with Gasteiger partial charge in [-0.2, -0.15) is 0 Å². The van der Waals surface area contributed by atoms with Gasteiger partial charge in [-0.25, -0.2) is 9.18 Å². The number of ether oxygens (including phenoxy) is 1. The van der Waals surface area contributed by atoms with Crippen molar-refractivity contribution in [3.05, 3.63) is 35.6 Å². The first-order valence-electron chi connectivity index (χ1n) is 11.2. The first kappa shape index (κ1) is 19.9. The fourth-order valence-electron chi connectivity index (χ4n) is 6.66. The van der Waals surface area contributed by atoms with Gasteiger partial charge < -0.3 is 10.1 Å². The van der Waals surface area contributed by atoms with Crippen LogP contribution in [0, 0.1) is 23.6 Å². The molecule has 0 spiro atoms. The van der Waals surface area contributed by atoms with E-state index in [4.69, 9.17) is 4.74 Å². The van der Waals surface area contributed by atoms with E-state index in [1.807, 2.05) is 11.0 Å². The highest BCUT2D eigenvalue weighted by Gasteiger charge is 2.51. The number of morpholine rings is 1. The molecule has 6 nitrogen and oxygen atoms in total. The molecule has 3 amide bonds. The summed E-state index contributed by atoms with van der Waals surface area (Å²) in [5, 5.41) is 5.71. The fraction of sp³-hybridized carbons (Fsp3) is 0.652. The van der Waals surface area contributed by atoms with Gasteiger partial charge in [-0.05, 0) is 74.0 Å². The van der Waals surface area contributed by atoms with Crippen molar-refractivity contribution in [3.63, 3.8) is 0 Å². The van der Waals surface area contributed by atoms with Gasteiger partial charge in [0.2, 0.25) is 5.91 Å². The average molecular weight is 416 g/mol. The number of amides is 3. The highest BCUT2D eigenvalue weighted by Crippen LogP contribution is 2.55. The van der Waals surface area contributed by atoms with Gasteiger partial charge >= 0.3 is 6.03 Å². The number of nitrogens with one attached hydrogen (secondary N) is 2. The molecule has 5 aliphatic rings. The smallest absolute Gasteiger partial charge is 0.321 e. The van der Waals surface area contributed by atoms with Crippen LogP contribution in [0.2, 0.25) is 0 Å². The van der Waals surface area contributed by atoms with Crippen molar-refractivity contribution in [2.24, 2.45) is 17.8 Å². The third kappa shape index (κ3) is 4.23. The zero-order valence-corrected chi connectivity index (χ0v) is 17.2. The molecule has 1 saturated heterocycles. The maximum absolute atomic E-state index is 13.5. The number of rotatable bonds is 4. The molecule has 6 rings (SSSR count). The first-order valence-corrected chi connectivity index (χ1v) is 11.2. The zero-order valence-electron chi connectivity index (χ0n) is 17.2. The van der Waals surface area contributed by atoms with Crippen molar-refractivity contribution in [2.45, 2.75) is 50.2 Å². The van der Waals surface area contributed by atoms with Crippen LogP contribution in [0.5, 0.6) is 0 Å². The molecule has 1 aliphatic heterocycles. The number of imide groups is 1. The normalized spacial score (nSPS) is 35.2. The lowest BCUT2D eigenvalue weighted by atomic mass is 9.53. The molecule has 4 aliphatic carbocycles. The topological polar surface area (TPSA) is 70.7 Å². The largest absolute Gasteiger partial charge is 0.371 e. The lowest BCUT2D eigenvalue weighted by Crippen LogP contribution is -2.62. The average Bonchev–Trinajstić information content (AvgIpc) is 2.66. The van der Waals surface area contributed by atoms with Gasteiger partial charge in [0, 0.05) is 18.6 Å². The molecule has 4 saturated carbocycles. The predicted octanol–water partition coefficient (Wildman–Crippen LogP) is 2.99. The van der Waals surface area contributed by atoms with Crippen LogP contribution >= 0.6 is 0 Å². The van der Waals surface area contributed by atoms with Gasteiger partial charge in [0.1, 0.15) is 5.82 Å². The Morgan fingerprint density at radius 2 is 1.83 bits per heavy atom. The molecule has 1 aromatic rings. The van der Waals surface area contributed by atoms with Gasteiger partial charge in [-0.1, -0.05) is 12.1 Å². The summed E-state index contributed by atoms with van der Waals surface area (Å²) in [7, 11) is 0. The highest BCUT2D eigenvalue weighted by atomic mass is 19.1. The summed E-state index contributed by atoms with van der Waals surface area (Å²) in [5.74, 6) is 1.60. The predicted molar refractivity (Wildman–Crippen MR) is 109 cm³/mol. The summed E-state index contributed by atoms with van der Waals surface area (Å²) in [4.78, 5) is 27.0.